The minimum absolute atomic E-state index is 0.225. The first-order valence-corrected chi connectivity index (χ1v) is 7.02. The van der Waals surface area contributed by atoms with Gasteiger partial charge in [0, 0.05) is 0 Å². The SMILES string of the molecule is Cc1cccc(OC(C)C(=O)Nc2nnc(C(F)(F)F)s2)c1. The van der Waals surface area contributed by atoms with Gasteiger partial charge in [0.25, 0.3) is 5.91 Å². The van der Waals surface area contributed by atoms with Crippen LogP contribution in [0.15, 0.2) is 24.3 Å². The highest BCUT2D eigenvalue weighted by molar-refractivity contribution is 7.15. The number of amides is 1. The molecule has 1 N–H and O–H groups in total. The van der Waals surface area contributed by atoms with Crippen molar-refractivity contribution < 1.29 is 22.7 Å². The Balaban J connectivity index is 1.98. The molecule has 0 fully saturated rings. The molecule has 1 aromatic carbocycles. The Morgan fingerprint density at radius 2 is 2.09 bits per heavy atom. The van der Waals surface area contributed by atoms with Crippen molar-refractivity contribution in [3.63, 3.8) is 0 Å². The van der Waals surface area contributed by atoms with E-state index in [9.17, 15) is 18.0 Å². The molecule has 0 saturated heterocycles. The van der Waals surface area contributed by atoms with Crippen molar-refractivity contribution in [3.05, 3.63) is 34.8 Å². The van der Waals surface area contributed by atoms with E-state index in [1.165, 1.54) is 6.92 Å². The molecule has 1 atom stereocenters. The first-order chi connectivity index (χ1) is 10.3. The van der Waals surface area contributed by atoms with Crippen LogP contribution in [0.5, 0.6) is 5.75 Å². The summed E-state index contributed by atoms with van der Waals surface area (Å²) in [5.41, 5.74) is 0.962. The van der Waals surface area contributed by atoms with Gasteiger partial charge in [-0.1, -0.05) is 23.5 Å². The van der Waals surface area contributed by atoms with Crippen LogP contribution in [0.25, 0.3) is 0 Å². The number of nitrogens with one attached hydrogen (secondary N) is 1. The summed E-state index contributed by atoms with van der Waals surface area (Å²) in [6.07, 6.45) is -5.47. The molecular formula is C13H12F3N3O2S. The van der Waals surface area contributed by atoms with E-state index in [4.69, 9.17) is 4.74 Å². The number of carbonyl (C=O) groups is 1. The number of anilines is 1. The second kappa shape index (κ2) is 6.30. The average molecular weight is 331 g/mol. The number of hydrogen-bond acceptors (Lipinski definition) is 5. The summed E-state index contributed by atoms with van der Waals surface area (Å²) in [6.45, 7) is 3.36. The van der Waals surface area contributed by atoms with Gasteiger partial charge in [0.2, 0.25) is 10.1 Å². The molecule has 0 aliphatic rings. The number of ether oxygens (including phenoxy) is 1. The average Bonchev–Trinajstić information content (AvgIpc) is 2.87. The molecule has 5 nitrogen and oxygen atoms in total. The third-order valence-corrected chi connectivity index (χ3v) is 3.45. The van der Waals surface area contributed by atoms with E-state index in [0.717, 1.165) is 5.56 Å². The van der Waals surface area contributed by atoms with Crippen molar-refractivity contribution in [1.82, 2.24) is 10.2 Å². The minimum atomic E-state index is -4.58. The normalized spacial score (nSPS) is 12.8. The molecule has 1 unspecified atom stereocenters. The van der Waals surface area contributed by atoms with Crippen LogP contribution >= 0.6 is 11.3 Å². The van der Waals surface area contributed by atoms with E-state index in [0.29, 0.717) is 5.75 Å². The van der Waals surface area contributed by atoms with Crippen LogP contribution in [0.3, 0.4) is 0 Å². The van der Waals surface area contributed by atoms with Crippen molar-refractivity contribution in [3.8, 4) is 5.75 Å². The summed E-state index contributed by atoms with van der Waals surface area (Å²) in [7, 11) is 0. The summed E-state index contributed by atoms with van der Waals surface area (Å²) in [5, 5.41) is 7.18. The first-order valence-electron chi connectivity index (χ1n) is 6.20. The second-order valence-corrected chi connectivity index (χ2v) is 5.45. The lowest BCUT2D eigenvalue weighted by molar-refractivity contribution is -0.138. The number of hydrogen-bond donors (Lipinski definition) is 1. The number of aryl methyl sites for hydroxylation is 1. The van der Waals surface area contributed by atoms with E-state index >= 15 is 0 Å². The Hall–Kier alpha value is -2.16. The van der Waals surface area contributed by atoms with Crippen LogP contribution in [0.1, 0.15) is 17.5 Å². The summed E-state index contributed by atoms with van der Waals surface area (Å²) < 4.78 is 42.6. The molecule has 118 valence electrons. The molecule has 0 aliphatic heterocycles. The fourth-order valence-electron chi connectivity index (χ4n) is 1.54. The molecule has 0 saturated carbocycles. The van der Waals surface area contributed by atoms with Gasteiger partial charge in [0.1, 0.15) is 5.75 Å². The predicted molar refractivity (Wildman–Crippen MR) is 74.8 cm³/mol. The zero-order valence-electron chi connectivity index (χ0n) is 11.6. The van der Waals surface area contributed by atoms with Gasteiger partial charge in [-0.25, -0.2) is 0 Å². The molecule has 1 amide bonds. The Morgan fingerprint density at radius 1 is 1.36 bits per heavy atom. The highest BCUT2D eigenvalue weighted by Gasteiger charge is 2.36. The number of benzene rings is 1. The molecule has 0 aliphatic carbocycles. The lowest BCUT2D eigenvalue weighted by Gasteiger charge is -2.13. The number of halogens is 3. The van der Waals surface area contributed by atoms with Crippen molar-refractivity contribution in [2.75, 3.05) is 5.32 Å². The maximum Gasteiger partial charge on any atom is 0.445 e. The van der Waals surface area contributed by atoms with Crippen LogP contribution in [0.4, 0.5) is 18.3 Å². The summed E-state index contributed by atoms with van der Waals surface area (Å²) in [6, 6.07) is 7.08. The topological polar surface area (TPSA) is 64.1 Å². The quantitative estimate of drug-likeness (QED) is 0.934. The highest BCUT2D eigenvalue weighted by atomic mass is 32.1. The van der Waals surface area contributed by atoms with E-state index < -0.39 is 23.2 Å². The predicted octanol–water partition coefficient (Wildman–Crippen LogP) is 3.27. The van der Waals surface area contributed by atoms with Gasteiger partial charge < -0.3 is 4.74 Å². The summed E-state index contributed by atoms with van der Waals surface area (Å²) >= 11 is 0.260. The molecule has 22 heavy (non-hydrogen) atoms. The number of nitrogens with zero attached hydrogens (tertiary/aromatic N) is 2. The lowest BCUT2D eigenvalue weighted by atomic mass is 10.2. The van der Waals surface area contributed by atoms with Crippen LogP contribution in [0, 0.1) is 6.92 Å². The number of rotatable bonds is 4. The van der Waals surface area contributed by atoms with Crippen LogP contribution in [0.2, 0.25) is 0 Å². The second-order valence-electron chi connectivity index (χ2n) is 4.48. The number of carbonyl (C=O) groups excluding carboxylic acids is 1. The molecule has 9 heteroatoms. The van der Waals surface area contributed by atoms with Crippen molar-refractivity contribution in [2.24, 2.45) is 0 Å². The molecular weight excluding hydrogens is 319 g/mol. The van der Waals surface area contributed by atoms with Gasteiger partial charge in [-0.15, -0.1) is 10.2 Å². The van der Waals surface area contributed by atoms with Crippen molar-refractivity contribution in [1.29, 1.82) is 0 Å². The fraction of sp³-hybridized carbons (Fsp3) is 0.308. The standard InChI is InChI=1S/C13H12F3N3O2S/c1-7-4-3-5-9(6-7)21-8(2)10(20)17-12-19-18-11(22-12)13(14,15)16/h3-6,8H,1-2H3,(H,17,19,20). The van der Waals surface area contributed by atoms with Gasteiger partial charge in [-0.3, -0.25) is 10.1 Å². The van der Waals surface area contributed by atoms with Crippen molar-refractivity contribution >= 4 is 22.4 Å². The van der Waals surface area contributed by atoms with Crippen LogP contribution in [-0.2, 0) is 11.0 Å². The molecule has 2 aromatic rings. The van der Waals surface area contributed by atoms with E-state index in [2.05, 4.69) is 15.5 Å². The number of aromatic nitrogens is 2. The molecule has 1 aromatic heterocycles. The third-order valence-electron chi connectivity index (χ3n) is 2.57. The molecule has 0 bridgehead atoms. The molecule has 1 heterocycles. The van der Waals surface area contributed by atoms with Crippen LogP contribution < -0.4 is 10.1 Å². The third kappa shape index (κ3) is 4.17. The van der Waals surface area contributed by atoms with Gasteiger partial charge in [-0.05, 0) is 31.5 Å². The number of alkyl halides is 3. The Kier molecular flexibility index (Phi) is 4.65. The monoisotopic (exact) mass is 331 g/mol. The summed E-state index contributed by atoms with van der Waals surface area (Å²) in [4.78, 5) is 11.9. The van der Waals surface area contributed by atoms with E-state index in [-0.39, 0.29) is 16.5 Å². The van der Waals surface area contributed by atoms with Gasteiger partial charge >= 0.3 is 6.18 Å². The van der Waals surface area contributed by atoms with Crippen molar-refractivity contribution in [2.45, 2.75) is 26.1 Å². The fourth-order valence-corrected chi connectivity index (χ4v) is 2.16. The van der Waals surface area contributed by atoms with Gasteiger partial charge in [-0.2, -0.15) is 13.2 Å². The largest absolute Gasteiger partial charge is 0.481 e. The molecule has 0 radical (unpaired) electrons. The van der Waals surface area contributed by atoms with Crippen LogP contribution in [-0.4, -0.2) is 22.2 Å². The lowest BCUT2D eigenvalue weighted by Crippen LogP contribution is -2.30. The van der Waals surface area contributed by atoms with Gasteiger partial charge in [0.05, 0.1) is 0 Å². The molecule has 0 spiro atoms. The smallest absolute Gasteiger partial charge is 0.445 e. The molecule has 2 rings (SSSR count). The summed E-state index contributed by atoms with van der Waals surface area (Å²) in [5.74, 6) is -0.109. The zero-order valence-corrected chi connectivity index (χ0v) is 12.5. The maximum absolute atomic E-state index is 12.4. The van der Waals surface area contributed by atoms with Gasteiger partial charge in [0.15, 0.2) is 6.10 Å². The Labute approximate surface area is 128 Å². The first kappa shape index (κ1) is 16.2. The maximum atomic E-state index is 12.4. The minimum Gasteiger partial charge on any atom is -0.481 e. The Bertz CT molecular complexity index is 673. The Morgan fingerprint density at radius 3 is 2.68 bits per heavy atom. The van der Waals surface area contributed by atoms with E-state index in [1.54, 1.807) is 18.2 Å². The van der Waals surface area contributed by atoms with E-state index in [1.807, 2.05) is 13.0 Å². The highest BCUT2D eigenvalue weighted by Crippen LogP contribution is 2.33. The zero-order chi connectivity index (χ0) is 16.3.